The first-order valence-corrected chi connectivity index (χ1v) is 16.5. The van der Waals surface area contributed by atoms with Crippen LogP contribution in [0.1, 0.15) is 86.8 Å². The van der Waals surface area contributed by atoms with E-state index in [9.17, 15) is 14.7 Å². The van der Waals surface area contributed by atoms with Crippen LogP contribution in [-0.4, -0.2) is 92.1 Å². The van der Waals surface area contributed by atoms with Crippen LogP contribution < -0.4 is 0 Å². The highest BCUT2D eigenvalue weighted by Crippen LogP contribution is 2.37. The van der Waals surface area contributed by atoms with Crippen molar-refractivity contribution in [2.24, 2.45) is 0 Å². The SMILES string of the molecule is CC(C)(O)[C@H](OC(=O)N1C(C)(C)COC1(C)C)[C@H](CCOC(=O)N1C(C)(C)COC1(C)C)N(Cc1ccccc1)Cc1ccccc1. The van der Waals surface area contributed by atoms with Gasteiger partial charge in [-0.05, 0) is 80.4 Å². The van der Waals surface area contributed by atoms with Gasteiger partial charge >= 0.3 is 12.2 Å². The normalized spacial score (nSPS) is 21.0. The van der Waals surface area contributed by atoms with Crippen molar-refractivity contribution in [3.63, 3.8) is 0 Å². The minimum Gasteiger partial charge on any atom is -0.449 e. The third kappa shape index (κ3) is 8.65. The Bertz CT molecular complexity index is 1280. The molecule has 4 rings (SSSR count). The van der Waals surface area contributed by atoms with Crippen molar-refractivity contribution < 1.29 is 33.6 Å². The van der Waals surface area contributed by atoms with Gasteiger partial charge in [-0.1, -0.05) is 60.7 Å². The fourth-order valence-electron chi connectivity index (χ4n) is 6.99. The predicted octanol–water partition coefficient (Wildman–Crippen LogP) is 6.55. The molecule has 10 heteroatoms. The molecule has 2 heterocycles. The zero-order chi connectivity index (χ0) is 34.8. The highest BCUT2D eigenvalue weighted by molar-refractivity contribution is 5.70. The van der Waals surface area contributed by atoms with Gasteiger partial charge in [-0.25, -0.2) is 9.59 Å². The minimum absolute atomic E-state index is 0.0280. The zero-order valence-electron chi connectivity index (χ0n) is 29.9. The fourth-order valence-corrected chi connectivity index (χ4v) is 6.99. The summed E-state index contributed by atoms with van der Waals surface area (Å²) >= 11 is 0. The summed E-state index contributed by atoms with van der Waals surface area (Å²) in [4.78, 5) is 33.0. The molecule has 0 bridgehead atoms. The Hall–Kier alpha value is -3.18. The summed E-state index contributed by atoms with van der Waals surface area (Å²) in [5, 5.41) is 11.7. The number of benzene rings is 2. The summed E-state index contributed by atoms with van der Waals surface area (Å²) in [5.41, 5.74) is -2.25. The van der Waals surface area contributed by atoms with E-state index in [4.69, 9.17) is 18.9 Å². The number of carbonyl (C=O) groups excluding carboxylic acids is 2. The molecular weight excluding hydrogens is 598 g/mol. The summed E-state index contributed by atoms with van der Waals surface area (Å²) in [6.45, 7) is 20.2. The number of carbonyl (C=O) groups is 2. The fraction of sp³-hybridized carbons (Fsp3) is 0.622. The van der Waals surface area contributed by atoms with Crippen molar-refractivity contribution in [2.45, 2.75) is 129 Å². The Kier molecular flexibility index (Phi) is 10.7. The highest BCUT2D eigenvalue weighted by atomic mass is 16.6. The quantitative estimate of drug-likeness (QED) is 0.291. The molecule has 2 aromatic carbocycles. The summed E-state index contributed by atoms with van der Waals surface area (Å²) in [5.74, 6) is 0. The minimum atomic E-state index is -1.46. The van der Waals surface area contributed by atoms with Crippen molar-refractivity contribution >= 4 is 12.2 Å². The Morgan fingerprint density at radius 2 is 1.21 bits per heavy atom. The predicted molar refractivity (Wildman–Crippen MR) is 180 cm³/mol. The Labute approximate surface area is 280 Å². The number of aliphatic hydroxyl groups is 1. The van der Waals surface area contributed by atoms with Crippen LogP contribution in [0.5, 0.6) is 0 Å². The second-order valence-electron chi connectivity index (χ2n) is 15.6. The van der Waals surface area contributed by atoms with Gasteiger partial charge in [0.15, 0.2) is 0 Å². The number of ether oxygens (including phenoxy) is 4. The molecule has 2 aliphatic rings. The van der Waals surface area contributed by atoms with Crippen LogP contribution in [0.2, 0.25) is 0 Å². The van der Waals surface area contributed by atoms with Gasteiger partial charge in [-0.15, -0.1) is 0 Å². The van der Waals surface area contributed by atoms with E-state index in [0.29, 0.717) is 26.3 Å². The molecule has 0 radical (unpaired) electrons. The molecule has 260 valence electrons. The molecule has 47 heavy (non-hydrogen) atoms. The average molecular weight is 654 g/mol. The van der Waals surface area contributed by atoms with E-state index in [1.807, 2.05) is 116 Å². The Morgan fingerprint density at radius 3 is 1.60 bits per heavy atom. The van der Waals surface area contributed by atoms with Crippen LogP contribution in [0.15, 0.2) is 60.7 Å². The lowest BCUT2D eigenvalue weighted by molar-refractivity contribution is -0.123. The van der Waals surface area contributed by atoms with Gasteiger partial charge in [0.25, 0.3) is 0 Å². The number of hydrogen-bond acceptors (Lipinski definition) is 8. The lowest BCUT2D eigenvalue weighted by atomic mass is 9.91. The maximum atomic E-state index is 14.1. The molecule has 10 nitrogen and oxygen atoms in total. The van der Waals surface area contributed by atoms with Gasteiger partial charge in [-0.3, -0.25) is 14.7 Å². The second-order valence-corrected chi connectivity index (χ2v) is 15.6. The molecule has 0 unspecified atom stereocenters. The van der Waals surface area contributed by atoms with Crippen molar-refractivity contribution in [3.8, 4) is 0 Å². The van der Waals surface area contributed by atoms with Crippen LogP contribution in [0, 0.1) is 0 Å². The van der Waals surface area contributed by atoms with E-state index in [-0.39, 0.29) is 13.0 Å². The Morgan fingerprint density at radius 1 is 0.787 bits per heavy atom. The molecule has 0 aliphatic carbocycles. The number of amides is 2. The molecule has 2 atom stereocenters. The molecule has 0 saturated carbocycles. The third-order valence-electron chi connectivity index (χ3n) is 9.05. The van der Waals surface area contributed by atoms with Crippen LogP contribution in [0.4, 0.5) is 9.59 Å². The largest absolute Gasteiger partial charge is 0.449 e. The van der Waals surface area contributed by atoms with Gasteiger partial charge in [-0.2, -0.15) is 0 Å². The van der Waals surface area contributed by atoms with Gasteiger partial charge in [0.1, 0.15) is 17.6 Å². The Balaban J connectivity index is 1.70. The summed E-state index contributed by atoms with van der Waals surface area (Å²) in [6.07, 6.45) is -1.78. The summed E-state index contributed by atoms with van der Waals surface area (Å²) < 4.78 is 24.2. The molecule has 2 amide bonds. The van der Waals surface area contributed by atoms with Crippen LogP contribution in [0.25, 0.3) is 0 Å². The number of hydrogen-bond donors (Lipinski definition) is 1. The van der Waals surface area contributed by atoms with E-state index in [0.717, 1.165) is 11.1 Å². The lowest BCUT2D eigenvalue weighted by Gasteiger charge is -2.44. The zero-order valence-corrected chi connectivity index (χ0v) is 29.9. The van der Waals surface area contributed by atoms with E-state index in [1.54, 1.807) is 23.6 Å². The molecule has 2 aromatic rings. The lowest BCUT2D eigenvalue weighted by Crippen LogP contribution is -2.59. The first-order valence-electron chi connectivity index (χ1n) is 16.5. The molecule has 1 N–H and O–H groups in total. The van der Waals surface area contributed by atoms with E-state index in [1.165, 1.54) is 0 Å². The molecule has 2 fully saturated rings. The van der Waals surface area contributed by atoms with Crippen molar-refractivity contribution in [1.82, 2.24) is 14.7 Å². The van der Waals surface area contributed by atoms with Gasteiger partial charge in [0.05, 0.1) is 42.5 Å². The van der Waals surface area contributed by atoms with Crippen molar-refractivity contribution in [2.75, 3.05) is 19.8 Å². The van der Waals surface area contributed by atoms with E-state index >= 15 is 0 Å². The van der Waals surface area contributed by atoms with E-state index < -0.39 is 52.5 Å². The van der Waals surface area contributed by atoms with Crippen molar-refractivity contribution in [1.29, 1.82) is 0 Å². The smallest absolute Gasteiger partial charge is 0.413 e. The summed E-state index contributed by atoms with van der Waals surface area (Å²) in [7, 11) is 0. The number of nitrogens with zero attached hydrogens (tertiary/aromatic N) is 3. The molecule has 2 aliphatic heterocycles. The maximum absolute atomic E-state index is 14.1. The average Bonchev–Trinajstić information content (AvgIpc) is 3.34. The molecular formula is C37H55N3O7. The molecule has 0 spiro atoms. The molecule has 2 saturated heterocycles. The number of rotatable bonds is 11. The third-order valence-corrected chi connectivity index (χ3v) is 9.05. The van der Waals surface area contributed by atoms with E-state index in [2.05, 4.69) is 4.90 Å². The maximum Gasteiger partial charge on any atom is 0.413 e. The summed E-state index contributed by atoms with van der Waals surface area (Å²) in [6, 6.07) is 19.5. The first-order chi connectivity index (χ1) is 21.7. The van der Waals surface area contributed by atoms with Crippen LogP contribution in [-0.2, 0) is 32.0 Å². The van der Waals surface area contributed by atoms with Crippen molar-refractivity contribution in [3.05, 3.63) is 71.8 Å². The second kappa shape index (κ2) is 13.7. The van der Waals surface area contributed by atoms with Crippen LogP contribution >= 0.6 is 0 Å². The topological polar surface area (TPSA) is 101 Å². The van der Waals surface area contributed by atoms with Gasteiger partial charge in [0, 0.05) is 19.5 Å². The van der Waals surface area contributed by atoms with Gasteiger partial charge in [0.2, 0.25) is 0 Å². The van der Waals surface area contributed by atoms with Gasteiger partial charge < -0.3 is 24.1 Å². The first kappa shape index (κ1) is 36.7. The molecule has 0 aromatic heterocycles. The monoisotopic (exact) mass is 653 g/mol. The highest BCUT2D eigenvalue weighted by Gasteiger charge is 2.52. The standard InChI is InChI=1S/C37H55N3O7/c1-33(2)25-45-36(7,8)39(33)31(41)44-22-21-29(38(23-27-17-13-11-14-18-27)24-28-19-15-12-16-20-28)30(35(5,6)43)47-32(42)40-34(3,4)26-46-37(40,9)10/h11-20,29-30,43H,21-26H2,1-10H3/t29-,30+/m0/s1. The van der Waals surface area contributed by atoms with Crippen LogP contribution in [0.3, 0.4) is 0 Å².